The van der Waals surface area contributed by atoms with Crippen LogP contribution in [-0.2, 0) is 16.4 Å². The summed E-state index contributed by atoms with van der Waals surface area (Å²) >= 11 is 0. The van der Waals surface area contributed by atoms with Crippen LogP contribution in [0.5, 0.6) is 0 Å². The lowest BCUT2D eigenvalue weighted by molar-refractivity contribution is 0.0949. The molecule has 0 radical (unpaired) electrons. The zero-order valence-electron chi connectivity index (χ0n) is 12.0. The predicted molar refractivity (Wildman–Crippen MR) is 76.7 cm³/mol. The topological polar surface area (TPSA) is 89.3 Å². The lowest BCUT2D eigenvalue weighted by Gasteiger charge is -2.06. The molecule has 1 N–H and O–H groups in total. The van der Waals surface area contributed by atoms with Gasteiger partial charge in [0.1, 0.15) is 11.3 Å². The second-order valence-electron chi connectivity index (χ2n) is 4.80. The van der Waals surface area contributed by atoms with Gasteiger partial charge in [0.25, 0.3) is 5.91 Å². The monoisotopic (exact) mass is 308 g/mol. The van der Waals surface area contributed by atoms with E-state index in [-0.39, 0.29) is 10.8 Å². The Balaban J connectivity index is 2.05. The SMILES string of the molecule is Cc1noc(C)c1C(=O)NCc1ccc(S(C)(=O)=O)cc1. The molecule has 0 aliphatic carbocycles. The second-order valence-corrected chi connectivity index (χ2v) is 6.81. The van der Waals surface area contributed by atoms with Gasteiger partial charge in [0.05, 0.1) is 10.6 Å². The number of sulfone groups is 1. The second kappa shape index (κ2) is 5.69. The van der Waals surface area contributed by atoms with Crippen LogP contribution in [-0.4, -0.2) is 25.7 Å². The maximum Gasteiger partial charge on any atom is 0.257 e. The number of aryl methyl sites for hydroxylation is 2. The number of benzene rings is 1. The minimum atomic E-state index is -3.21. The minimum absolute atomic E-state index is 0.253. The van der Waals surface area contributed by atoms with Crippen molar-refractivity contribution in [2.24, 2.45) is 0 Å². The number of nitrogens with one attached hydrogen (secondary N) is 1. The Bertz CT molecular complexity index is 741. The van der Waals surface area contributed by atoms with Gasteiger partial charge < -0.3 is 9.84 Å². The van der Waals surface area contributed by atoms with Crippen molar-refractivity contribution in [1.82, 2.24) is 10.5 Å². The molecule has 0 unspecified atom stereocenters. The van der Waals surface area contributed by atoms with Gasteiger partial charge in [-0.15, -0.1) is 0 Å². The molecule has 1 aromatic heterocycles. The Morgan fingerprint density at radius 2 is 1.86 bits per heavy atom. The molecule has 0 spiro atoms. The number of amides is 1. The summed E-state index contributed by atoms with van der Waals surface area (Å²) in [5, 5.41) is 6.48. The molecule has 0 bridgehead atoms. The highest BCUT2D eigenvalue weighted by molar-refractivity contribution is 7.90. The summed E-state index contributed by atoms with van der Waals surface area (Å²) in [5.41, 5.74) is 1.78. The molecular weight excluding hydrogens is 292 g/mol. The van der Waals surface area contributed by atoms with E-state index in [1.54, 1.807) is 26.0 Å². The molecule has 2 aromatic rings. The van der Waals surface area contributed by atoms with Crippen LogP contribution < -0.4 is 5.32 Å². The van der Waals surface area contributed by atoms with Gasteiger partial charge in [0.15, 0.2) is 9.84 Å². The van der Waals surface area contributed by atoms with E-state index in [2.05, 4.69) is 10.5 Å². The molecule has 2 rings (SSSR count). The van der Waals surface area contributed by atoms with Crippen molar-refractivity contribution in [2.75, 3.05) is 6.26 Å². The summed E-state index contributed by atoms with van der Waals surface area (Å²) in [6.07, 6.45) is 1.15. The van der Waals surface area contributed by atoms with Gasteiger partial charge in [-0.25, -0.2) is 8.42 Å². The summed E-state index contributed by atoms with van der Waals surface area (Å²) in [4.78, 5) is 12.3. The molecule has 0 saturated heterocycles. The molecule has 112 valence electrons. The van der Waals surface area contributed by atoms with Gasteiger partial charge in [0, 0.05) is 12.8 Å². The fourth-order valence-corrected chi connectivity index (χ4v) is 2.56. The predicted octanol–water partition coefficient (Wildman–Crippen LogP) is 1.62. The standard InChI is InChI=1S/C14H16N2O4S/c1-9-13(10(2)20-16-9)14(17)15-8-11-4-6-12(7-5-11)21(3,18)19/h4-7H,8H2,1-3H3,(H,15,17). The van der Waals surface area contributed by atoms with Gasteiger partial charge >= 0.3 is 0 Å². The molecule has 0 aliphatic heterocycles. The van der Waals surface area contributed by atoms with Crippen LogP contribution in [0.15, 0.2) is 33.7 Å². The Hall–Kier alpha value is -2.15. The first-order valence-corrected chi connectivity index (χ1v) is 8.18. The molecule has 0 saturated carbocycles. The average molecular weight is 308 g/mol. The molecule has 6 nitrogen and oxygen atoms in total. The summed E-state index contributed by atoms with van der Waals surface area (Å²) in [7, 11) is -3.21. The molecule has 1 amide bonds. The first-order chi connectivity index (χ1) is 9.79. The number of aromatic nitrogens is 1. The number of hydrogen-bond donors (Lipinski definition) is 1. The summed E-state index contributed by atoms with van der Waals surface area (Å²) < 4.78 is 27.7. The third-order valence-corrected chi connectivity index (χ3v) is 4.19. The fraction of sp³-hybridized carbons (Fsp3) is 0.286. The van der Waals surface area contributed by atoms with Crippen LogP contribution in [0.1, 0.15) is 27.4 Å². The summed E-state index contributed by atoms with van der Waals surface area (Å²) in [6, 6.07) is 6.38. The van der Waals surface area contributed by atoms with E-state index in [9.17, 15) is 13.2 Å². The number of rotatable bonds is 4. The average Bonchev–Trinajstić information content (AvgIpc) is 2.75. The highest BCUT2D eigenvalue weighted by atomic mass is 32.2. The van der Waals surface area contributed by atoms with Crippen molar-refractivity contribution in [3.63, 3.8) is 0 Å². The maximum atomic E-state index is 12.0. The van der Waals surface area contributed by atoms with Crippen molar-refractivity contribution in [3.05, 3.63) is 46.8 Å². The van der Waals surface area contributed by atoms with Crippen molar-refractivity contribution in [3.8, 4) is 0 Å². The highest BCUT2D eigenvalue weighted by Gasteiger charge is 2.17. The van der Waals surface area contributed by atoms with Gasteiger partial charge in [-0.05, 0) is 31.5 Å². The van der Waals surface area contributed by atoms with E-state index in [4.69, 9.17) is 4.52 Å². The largest absolute Gasteiger partial charge is 0.361 e. The number of nitrogens with zero attached hydrogens (tertiary/aromatic N) is 1. The van der Waals surface area contributed by atoms with Gasteiger partial charge in [0.2, 0.25) is 0 Å². The van der Waals surface area contributed by atoms with Crippen LogP contribution in [0.3, 0.4) is 0 Å². The van der Waals surface area contributed by atoms with E-state index in [0.29, 0.717) is 23.6 Å². The molecule has 1 aromatic carbocycles. The van der Waals surface area contributed by atoms with Crippen molar-refractivity contribution in [2.45, 2.75) is 25.3 Å². The van der Waals surface area contributed by atoms with Crippen molar-refractivity contribution in [1.29, 1.82) is 0 Å². The highest BCUT2D eigenvalue weighted by Crippen LogP contribution is 2.13. The fourth-order valence-electron chi connectivity index (χ4n) is 1.93. The van der Waals surface area contributed by atoms with E-state index < -0.39 is 9.84 Å². The van der Waals surface area contributed by atoms with Gasteiger partial charge in [-0.2, -0.15) is 0 Å². The van der Waals surface area contributed by atoms with E-state index in [1.165, 1.54) is 12.1 Å². The quantitative estimate of drug-likeness (QED) is 0.927. The minimum Gasteiger partial charge on any atom is -0.361 e. The van der Waals surface area contributed by atoms with Crippen molar-refractivity contribution < 1.29 is 17.7 Å². The van der Waals surface area contributed by atoms with E-state index >= 15 is 0 Å². The third-order valence-electron chi connectivity index (χ3n) is 3.07. The maximum absolute atomic E-state index is 12.0. The molecule has 0 aliphatic rings. The molecule has 0 fully saturated rings. The van der Waals surface area contributed by atoms with Crippen LogP contribution in [0.2, 0.25) is 0 Å². The van der Waals surface area contributed by atoms with E-state index in [0.717, 1.165) is 11.8 Å². The zero-order valence-corrected chi connectivity index (χ0v) is 12.8. The molecule has 1 heterocycles. The van der Waals surface area contributed by atoms with Crippen LogP contribution in [0, 0.1) is 13.8 Å². The Morgan fingerprint density at radius 3 is 2.33 bits per heavy atom. The first-order valence-electron chi connectivity index (χ1n) is 6.29. The van der Waals surface area contributed by atoms with Crippen LogP contribution >= 0.6 is 0 Å². The van der Waals surface area contributed by atoms with Crippen LogP contribution in [0.25, 0.3) is 0 Å². The zero-order chi connectivity index (χ0) is 15.6. The Morgan fingerprint density at radius 1 is 1.24 bits per heavy atom. The lowest BCUT2D eigenvalue weighted by Crippen LogP contribution is -2.23. The normalized spacial score (nSPS) is 11.4. The number of carbonyl (C=O) groups excluding carboxylic acids is 1. The lowest BCUT2D eigenvalue weighted by atomic mass is 10.2. The smallest absolute Gasteiger partial charge is 0.257 e. The summed E-state index contributed by atoms with van der Waals surface area (Å²) in [5.74, 6) is 0.205. The van der Waals surface area contributed by atoms with Crippen molar-refractivity contribution >= 4 is 15.7 Å². The molecular formula is C14H16N2O4S. The molecule has 0 atom stereocenters. The Labute approximate surface area is 123 Å². The third kappa shape index (κ3) is 3.49. The van der Waals surface area contributed by atoms with Crippen LogP contribution in [0.4, 0.5) is 0 Å². The molecule has 7 heteroatoms. The summed E-state index contributed by atoms with van der Waals surface area (Å²) in [6.45, 7) is 3.68. The van der Waals surface area contributed by atoms with E-state index in [1.807, 2.05) is 0 Å². The first kappa shape index (κ1) is 15.2. The molecule has 21 heavy (non-hydrogen) atoms. The van der Waals surface area contributed by atoms with Gasteiger partial charge in [-0.1, -0.05) is 17.3 Å². The number of carbonyl (C=O) groups is 1. The number of hydrogen-bond acceptors (Lipinski definition) is 5. The Kier molecular flexibility index (Phi) is 4.13. The van der Waals surface area contributed by atoms with Gasteiger partial charge in [-0.3, -0.25) is 4.79 Å².